The van der Waals surface area contributed by atoms with Crippen molar-refractivity contribution in [1.82, 2.24) is 10.2 Å². The van der Waals surface area contributed by atoms with Crippen molar-refractivity contribution in [3.63, 3.8) is 0 Å². The predicted molar refractivity (Wildman–Crippen MR) is 59.0 cm³/mol. The van der Waals surface area contributed by atoms with Crippen molar-refractivity contribution in [3.05, 3.63) is 0 Å². The van der Waals surface area contributed by atoms with E-state index in [2.05, 4.69) is 32.8 Å². The van der Waals surface area contributed by atoms with Crippen LogP contribution in [0.5, 0.6) is 0 Å². The van der Waals surface area contributed by atoms with Crippen LogP contribution >= 0.6 is 22.6 Å². The average molecular weight is 284 g/mol. The fraction of sp³-hybridized carbons (Fsp3) is 1.00. The number of hydrogen-bond acceptors (Lipinski definition) is 3. The zero-order valence-electron chi connectivity index (χ0n) is 7.55. The summed E-state index contributed by atoms with van der Waals surface area (Å²) in [7, 11) is 0. The second kappa shape index (κ2) is 6.12. The van der Waals surface area contributed by atoms with Gasteiger partial charge in [-0.15, -0.1) is 0 Å². The van der Waals surface area contributed by atoms with E-state index in [1.807, 2.05) is 4.93 Å². The molecule has 2 rings (SSSR count). The molecule has 2 heterocycles. The standard InChI is InChI=1S/C7H14N2O.CH3I/c1-3-9(4-2-8-1)7-5-10-6-7;1-2/h7-8H,1-6H2;1H3. The normalized spacial score (nSPS) is 25.5. The molecular formula is C8H17IN2O. The topological polar surface area (TPSA) is 24.5 Å². The molecule has 0 aromatic heterocycles. The minimum atomic E-state index is 0.738. The largest absolute Gasteiger partial charge is 0.378 e. The highest BCUT2D eigenvalue weighted by Crippen LogP contribution is 2.09. The van der Waals surface area contributed by atoms with Gasteiger partial charge < -0.3 is 10.1 Å². The summed E-state index contributed by atoms with van der Waals surface area (Å²) in [6.45, 7) is 6.62. The van der Waals surface area contributed by atoms with E-state index in [-0.39, 0.29) is 0 Å². The van der Waals surface area contributed by atoms with Gasteiger partial charge in [-0.25, -0.2) is 0 Å². The Morgan fingerprint density at radius 1 is 1.25 bits per heavy atom. The number of piperazine rings is 1. The number of nitrogens with zero attached hydrogens (tertiary/aromatic N) is 1. The average Bonchev–Trinajstić information content (AvgIpc) is 2.07. The molecule has 1 N–H and O–H groups in total. The van der Waals surface area contributed by atoms with E-state index in [0.717, 1.165) is 32.3 Å². The molecule has 0 amide bonds. The zero-order valence-corrected chi connectivity index (χ0v) is 9.71. The van der Waals surface area contributed by atoms with Gasteiger partial charge in [-0.2, -0.15) is 0 Å². The summed E-state index contributed by atoms with van der Waals surface area (Å²) in [5.74, 6) is 0. The Hall–Kier alpha value is 0.610. The number of alkyl halides is 1. The molecule has 0 radical (unpaired) electrons. The van der Waals surface area contributed by atoms with Gasteiger partial charge in [0.15, 0.2) is 0 Å². The van der Waals surface area contributed by atoms with E-state index >= 15 is 0 Å². The van der Waals surface area contributed by atoms with Crippen LogP contribution in [0.25, 0.3) is 0 Å². The van der Waals surface area contributed by atoms with Gasteiger partial charge in [0, 0.05) is 26.2 Å². The molecule has 0 aromatic carbocycles. The summed E-state index contributed by atoms with van der Waals surface area (Å²) < 4.78 is 5.13. The Kier molecular flexibility index (Phi) is 5.45. The highest BCUT2D eigenvalue weighted by atomic mass is 127. The third kappa shape index (κ3) is 2.83. The van der Waals surface area contributed by atoms with Crippen molar-refractivity contribution in [2.75, 3.05) is 44.3 Å². The highest BCUT2D eigenvalue weighted by molar-refractivity contribution is 14.1. The lowest BCUT2D eigenvalue weighted by Crippen LogP contribution is -2.55. The molecule has 0 aromatic rings. The number of ether oxygens (including phenoxy) is 1. The molecule has 0 unspecified atom stereocenters. The second-order valence-electron chi connectivity index (χ2n) is 2.98. The third-order valence-electron chi connectivity index (χ3n) is 2.29. The van der Waals surface area contributed by atoms with Crippen molar-refractivity contribution in [3.8, 4) is 0 Å². The predicted octanol–water partition coefficient (Wildman–Crippen LogP) is 0.342. The second-order valence-corrected chi connectivity index (χ2v) is 2.98. The quantitative estimate of drug-likeness (QED) is 0.555. The first-order valence-electron chi connectivity index (χ1n) is 4.37. The van der Waals surface area contributed by atoms with Crippen molar-refractivity contribution in [1.29, 1.82) is 0 Å². The van der Waals surface area contributed by atoms with Crippen molar-refractivity contribution >= 4 is 22.6 Å². The zero-order chi connectivity index (χ0) is 8.81. The summed E-state index contributed by atoms with van der Waals surface area (Å²) in [6.07, 6.45) is 0. The molecule has 2 aliphatic rings. The van der Waals surface area contributed by atoms with Crippen LogP contribution in [-0.2, 0) is 4.74 Å². The van der Waals surface area contributed by atoms with Gasteiger partial charge in [0.25, 0.3) is 0 Å². The van der Waals surface area contributed by atoms with Gasteiger partial charge in [0.1, 0.15) is 0 Å². The van der Waals surface area contributed by atoms with Crippen molar-refractivity contribution < 1.29 is 4.74 Å². The lowest BCUT2D eigenvalue weighted by atomic mass is 10.2. The van der Waals surface area contributed by atoms with Crippen LogP contribution in [0, 0.1) is 0 Å². The molecule has 2 aliphatic heterocycles. The van der Waals surface area contributed by atoms with Crippen LogP contribution in [0.3, 0.4) is 0 Å². The van der Waals surface area contributed by atoms with Gasteiger partial charge in [-0.05, 0) is 4.93 Å². The molecule has 0 atom stereocenters. The van der Waals surface area contributed by atoms with E-state index in [0.29, 0.717) is 0 Å². The van der Waals surface area contributed by atoms with E-state index in [9.17, 15) is 0 Å². The molecule has 0 bridgehead atoms. The Morgan fingerprint density at radius 3 is 2.25 bits per heavy atom. The Labute approximate surface area is 88.0 Å². The number of hydrogen-bond donors (Lipinski definition) is 1. The Bertz CT molecular complexity index is 114. The van der Waals surface area contributed by atoms with Gasteiger partial charge >= 0.3 is 0 Å². The Balaban J connectivity index is 0.000000336. The van der Waals surface area contributed by atoms with Crippen LogP contribution < -0.4 is 5.32 Å². The van der Waals surface area contributed by atoms with Crippen molar-refractivity contribution in [2.24, 2.45) is 0 Å². The third-order valence-corrected chi connectivity index (χ3v) is 2.29. The highest BCUT2D eigenvalue weighted by Gasteiger charge is 2.26. The van der Waals surface area contributed by atoms with Crippen molar-refractivity contribution in [2.45, 2.75) is 6.04 Å². The van der Waals surface area contributed by atoms with Crippen LogP contribution in [0.1, 0.15) is 0 Å². The molecule has 0 saturated carbocycles. The smallest absolute Gasteiger partial charge is 0.0645 e. The van der Waals surface area contributed by atoms with Crippen LogP contribution in [0.4, 0.5) is 0 Å². The van der Waals surface area contributed by atoms with Gasteiger partial charge in [0.2, 0.25) is 0 Å². The summed E-state index contributed by atoms with van der Waals surface area (Å²) >= 11 is 2.15. The maximum Gasteiger partial charge on any atom is 0.0645 e. The van der Waals surface area contributed by atoms with E-state index < -0.39 is 0 Å². The SMILES string of the molecule is C1CN(C2COC2)CCN1.CI. The number of nitrogens with one attached hydrogen (secondary N) is 1. The maximum atomic E-state index is 5.13. The molecule has 0 aliphatic carbocycles. The number of rotatable bonds is 1. The lowest BCUT2D eigenvalue weighted by molar-refractivity contribution is -0.0677. The van der Waals surface area contributed by atoms with Gasteiger partial charge in [-0.3, -0.25) is 4.90 Å². The van der Waals surface area contributed by atoms with Crippen LogP contribution in [0.15, 0.2) is 0 Å². The first-order chi connectivity index (χ1) is 5.97. The molecule has 4 heteroatoms. The van der Waals surface area contributed by atoms with E-state index in [1.165, 1.54) is 13.1 Å². The van der Waals surface area contributed by atoms with Crippen LogP contribution in [-0.4, -0.2) is 55.3 Å². The first-order valence-corrected chi connectivity index (χ1v) is 6.53. The fourth-order valence-electron chi connectivity index (χ4n) is 1.48. The summed E-state index contributed by atoms with van der Waals surface area (Å²) in [6, 6.07) is 0.738. The minimum absolute atomic E-state index is 0.738. The molecule has 72 valence electrons. The molecule has 0 spiro atoms. The molecule has 2 saturated heterocycles. The Morgan fingerprint density at radius 2 is 1.83 bits per heavy atom. The molecule has 3 nitrogen and oxygen atoms in total. The number of halogens is 1. The van der Waals surface area contributed by atoms with E-state index in [4.69, 9.17) is 4.74 Å². The summed E-state index contributed by atoms with van der Waals surface area (Å²) in [5.41, 5.74) is 0. The monoisotopic (exact) mass is 284 g/mol. The van der Waals surface area contributed by atoms with Gasteiger partial charge in [-0.1, -0.05) is 22.6 Å². The summed E-state index contributed by atoms with van der Waals surface area (Å²) in [5, 5.41) is 3.34. The molecular weight excluding hydrogens is 267 g/mol. The van der Waals surface area contributed by atoms with E-state index in [1.54, 1.807) is 0 Å². The summed E-state index contributed by atoms with van der Waals surface area (Å²) in [4.78, 5) is 4.48. The molecule has 2 fully saturated rings. The lowest BCUT2D eigenvalue weighted by Gasteiger charge is -2.39. The maximum absolute atomic E-state index is 5.13. The van der Waals surface area contributed by atoms with Gasteiger partial charge in [0.05, 0.1) is 19.3 Å². The fourth-order valence-corrected chi connectivity index (χ4v) is 1.48. The minimum Gasteiger partial charge on any atom is -0.378 e. The van der Waals surface area contributed by atoms with Crippen LogP contribution in [0.2, 0.25) is 0 Å². The first kappa shape index (κ1) is 10.7. The molecule has 12 heavy (non-hydrogen) atoms.